The number of hydrogen-bond acceptors (Lipinski definition) is 12. The third-order valence-corrected chi connectivity index (χ3v) is 20.3. The summed E-state index contributed by atoms with van der Waals surface area (Å²) in [7, 11) is -1.94. The van der Waals surface area contributed by atoms with Gasteiger partial charge in [0.1, 0.15) is 18.3 Å². The van der Waals surface area contributed by atoms with Crippen LogP contribution in [0.15, 0.2) is 0 Å². The zero-order valence-corrected chi connectivity index (χ0v) is 38.1. The molecule has 8 aliphatic rings. The van der Waals surface area contributed by atoms with Gasteiger partial charge in [-0.1, -0.05) is 27.7 Å². The Balaban J connectivity index is 1.09. The number of methoxy groups -OCH3 is 2. The zero-order valence-electron chi connectivity index (χ0n) is 37.2. The molecule has 0 amide bonds. The van der Waals surface area contributed by atoms with Crippen molar-refractivity contribution in [3.8, 4) is 0 Å². The van der Waals surface area contributed by atoms with Gasteiger partial charge in [-0.25, -0.2) is 9.36 Å². The van der Waals surface area contributed by atoms with Gasteiger partial charge in [0.2, 0.25) is 0 Å². The molecule has 8 aliphatic carbocycles. The second-order valence-corrected chi connectivity index (χ2v) is 23.0. The van der Waals surface area contributed by atoms with E-state index in [0.717, 1.165) is 77.0 Å². The lowest BCUT2D eigenvalue weighted by Gasteiger charge is -2.63. The summed E-state index contributed by atoms with van der Waals surface area (Å²) in [5, 5.41) is 0. The van der Waals surface area contributed by atoms with Crippen LogP contribution in [0.5, 0.6) is 0 Å². The van der Waals surface area contributed by atoms with Crippen LogP contribution in [0.1, 0.15) is 144 Å². The van der Waals surface area contributed by atoms with E-state index in [1.165, 1.54) is 28.1 Å². The predicted molar refractivity (Wildman–Crippen MR) is 218 cm³/mol. The maximum Gasteiger partial charge on any atom is 0.508 e. The van der Waals surface area contributed by atoms with Crippen molar-refractivity contribution >= 4 is 31.9 Å². The lowest BCUT2D eigenvalue weighted by molar-refractivity contribution is -0.191. The highest BCUT2D eigenvalue weighted by Gasteiger charge is 2.66. The van der Waals surface area contributed by atoms with Gasteiger partial charge in [-0.3, -0.25) is 23.4 Å². The summed E-state index contributed by atoms with van der Waals surface area (Å²) in [4.78, 5) is 62.1. The topological polar surface area (TPSA) is 170 Å². The van der Waals surface area contributed by atoms with E-state index in [0.29, 0.717) is 37.5 Å². The second-order valence-electron chi connectivity index (χ2n) is 21.6. The van der Waals surface area contributed by atoms with Gasteiger partial charge in [-0.2, -0.15) is 0 Å². The fourth-order valence-corrected chi connectivity index (χ4v) is 17.8. The number of hydrogen-bond donors (Lipinski definition) is 1. The molecule has 0 aromatic rings. The van der Waals surface area contributed by atoms with Gasteiger partial charge in [-0.05, 0) is 166 Å². The highest BCUT2D eigenvalue weighted by molar-refractivity contribution is 7.47. The van der Waals surface area contributed by atoms with Gasteiger partial charge >= 0.3 is 31.9 Å². The van der Waals surface area contributed by atoms with Crippen LogP contribution in [0, 0.1) is 74.9 Å². The van der Waals surface area contributed by atoms with Crippen molar-refractivity contribution in [3.63, 3.8) is 0 Å². The highest BCUT2D eigenvalue weighted by Crippen LogP contribution is 2.71. The van der Waals surface area contributed by atoms with E-state index in [4.69, 9.17) is 32.7 Å². The number of carbonyl (C=O) groups excluding carboxylic acids is 4. The lowest BCUT2D eigenvalue weighted by atomic mass is 9.44. The molecule has 8 saturated carbocycles. The van der Waals surface area contributed by atoms with Gasteiger partial charge in [0.25, 0.3) is 0 Å². The Morgan fingerprint density at radius 2 is 0.983 bits per heavy atom. The fraction of sp³-hybridized carbons (Fsp3) is 0.913. The molecule has 0 aromatic heterocycles. The Kier molecular flexibility index (Phi) is 11.9. The molecule has 1 N–H and O–H groups in total. The van der Waals surface area contributed by atoms with Gasteiger partial charge in [-0.15, -0.1) is 0 Å². The molecule has 19 atom stereocenters. The molecular weight excluding hydrogens is 791 g/mol. The van der Waals surface area contributed by atoms with Crippen LogP contribution in [0.2, 0.25) is 0 Å². The van der Waals surface area contributed by atoms with Gasteiger partial charge in [0, 0.05) is 19.3 Å². The summed E-state index contributed by atoms with van der Waals surface area (Å²) in [6, 6.07) is 0. The summed E-state index contributed by atoms with van der Waals surface area (Å²) < 4.78 is 55.9. The molecule has 19 unspecified atom stereocenters. The minimum absolute atomic E-state index is 0.142. The summed E-state index contributed by atoms with van der Waals surface area (Å²) >= 11 is 0. The maximum absolute atomic E-state index is 14.9. The molecule has 0 saturated heterocycles. The molecule has 13 nitrogen and oxygen atoms in total. The van der Waals surface area contributed by atoms with Crippen LogP contribution in [0.3, 0.4) is 0 Å². The Bertz CT molecular complexity index is 1740. The second kappa shape index (κ2) is 16.1. The normalized spacial score (nSPS) is 48.9. The number of rotatable bonds is 8. The van der Waals surface area contributed by atoms with Gasteiger partial charge in [0.15, 0.2) is 0 Å². The van der Waals surface area contributed by atoms with Crippen molar-refractivity contribution in [2.24, 2.45) is 74.9 Å². The molecule has 0 radical (unpaired) electrons. The SMILES string of the molecule is COC(=O)OC1CCC2C3CC(OP(=O)(O)OC4CC5C6CCC(C(=O)OC)C6(C)CCC5C5(C)CCC(OC(C)=O)CC45)C4CC(OC(C)=O)CCC4(C)C3CCC12C. The van der Waals surface area contributed by atoms with Crippen LogP contribution >= 0.6 is 7.82 Å². The van der Waals surface area contributed by atoms with Crippen molar-refractivity contribution in [3.05, 3.63) is 0 Å². The standard InChI is InChI=1S/C46H71O13P/c1-25(47)55-27-13-17-44(4)33-15-19-43(3)31(9-10-35(43)41(49)53-7)29(33)23-38(36(44)21-27)58-60(51,52)59-39-24-30-32-11-12-40(57-42(50)54-8)46(32,6)20-16-34(30)45(5)18-14-28(22-37(39)45)56-26(2)48/h27-40H,9-24H2,1-8H3,(H,51,52). The first-order valence-electron chi connectivity index (χ1n) is 23.1. The summed E-state index contributed by atoms with van der Waals surface area (Å²) in [6.07, 6.45) is 9.45. The quantitative estimate of drug-likeness (QED) is 0.140. The predicted octanol–water partition coefficient (Wildman–Crippen LogP) is 8.97. The summed E-state index contributed by atoms with van der Waals surface area (Å²) in [5.74, 6) is 0.187. The average molecular weight is 863 g/mol. The molecule has 0 aromatic carbocycles. The Morgan fingerprint density at radius 1 is 0.533 bits per heavy atom. The molecule has 60 heavy (non-hydrogen) atoms. The molecule has 8 rings (SSSR count). The molecule has 0 heterocycles. The highest BCUT2D eigenvalue weighted by atomic mass is 31.2. The van der Waals surface area contributed by atoms with Crippen molar-refractivity contribution < 1.29 is 61.4 Å². The number of phosphoric ester groups is 1. The number of ether oxygens (including phenoxy) is 5. The number of esters is 3. The van der Waals surface area contributed by atoms with Gasteiger partial charge in [0.05, 0.1) is 32.3 Å². The Labute approximate surface area is 356 Å². The average Bonchev–Trinajstić information content (AvgIpc) is 3.71. The van der Waals surface area contributed by atoms with Crippen molar-refractivity contribution in [1.29, 1.82) is 0 Å². The van der Waals surface area contributed by atoms with E-state index in [9.17, 15) is 28.6 Å². The molecule has 8 fully saturated rings. The smallest absolute Gasteiger partial charge is 0.469 e. The summed E-state index contributed by atoms with van der Waals surface area (Å²) in [6.45, 7) is 12.0. The molecule has 0 spiro atoms. The van der Waals surface area contributed by atoms with E-state index in [-0.39, 0.29) is 99.3 Å². The molecule has 0 bridgehead atoms. The van der Waals surface area contributed by atoms with E-state index in [2.05, 4.69) is 27.7 Å². The first kappa shape index (κ1) is 44.4. The third-order valence-electron chi connectivity index (χ3n) is 19.2. The first-order chi connectivity index (χ1) is 28.3. The monoisotopic (exact) mass is 862 g/mol. The first-order valence-corrected chi connectivity index (χ1v) is 24.6. The number of phosphoric acid groups is 1. The zero-order chi connectivity index (χ0) is 43.2. The van der Waals surface area contributed by atoms with E-state index >= 15 is 0 Å². The molecule has 338 valence electrons. The summed E-state index contributed by atoms with van der Waals surface area (Å²) in [5.41, 5.74) is -0.963. The van der Waals surface area contributed by atoms with Crippen LogP contribution in [-0.2, 0) is 51.7 Å². The van der Waals surface area contributed by atoms with Crippen molar-refractivity contribution in [2.75, 3.05) is 14.2 Å². The Morgan fingerprint density at radius 3 is 1.47 bits per heavy atom. The van der Waals surface area contributed by atoms with E-state index < -0.39 is 26.2 Å². The Hall–Kier alpha value is -2.21. The largest absolute Gasteiger partial charge is 0.508 e. The van der Waals surface area contributed by atoms with Crippen molar-refractivity contribution in [2.45, 2.75) is 175 Å². The van der Waals surface area contributed by atoms with E-state index in [1.807, 2.05) is 0 Å². The van der Waals surface area contributed by atoms with Crippen LogP contribution in [0.4, 0.5) is 4.79 Å². The van der Waals surface area contributed by atoms with Crippen LogP contribution in [0.25, 0.3) is 0 Å². The molecule has 0 aliphatic heterocycles. The number of fused-ring (bicyclic) bond motifs is 10. The maximum atomic E-state index is 14.9. The van der Waals surface area contributed by atoms with Crippen LogP contribution in [-0.4, -0.2) is 73.7 Å². The molecule has 14 heteroatoms. The minimum atomic E-state index is -4.74. The number of carbonyl (C=O) groups is 4. The lowest BCUT2D eigenvalue weighted by Crippen LogP contribution is -2.59. The molecular formula is C46H71O13P. The fourth-order valence-electron chi connectivity index (χ4n) is 16.6. The minimum Gasteiger partial charge on any atom is -0.469 e. The third kappa shape index (κ3) is 7.46. The van der Waals surface area contributed by atoms with Gasteiger partial charge < -0.3 is 28.6 Å². The van der Waals surface area contributed by atoms with E-state index in [1.54, 1.807) is 0 Å². The van der Waals surface area contributed by atoms with Crippen LogP contribution < -0.4 is 0 Å². The van der Waals surface area contributed by atoms with Crippen molar-refractivity contribution in [1.82, 2.24) is 0 Å².